The van der Waals surface area contributed by atoms with Crippen molar-refractivity contribution < 1.29 is 13.2 Å². The van der Waals surface area contributed by atoms with Crippen molar-refractivity contribution in [3.05, 3.63) is 23.9 Å². The van der Waals surface area contributed by atoms with E-state index in [2.05, 4.69) is 21.9 Å². The minimum atomic E-state index is -3.47. The van der Waals surface area contributed by atoms with Gasteiger partial charge in [0.15, 0.2) is 0 Å². The zero-order valence-corrected chi connectivity index (χ0v) is 10.8. The van der Waals surface area contributed by atoms with Gasteiger partial charge in [-0.1, -0.05) is 18.3 Å². The zero-order chi connectivity index (χ0) is 12.9. The molecule has 0 amide bonds. The SMILES string of the molecule is COc1ccc(CNS(=O)(=O)CC(N)=S)cn1. The summed E-state index contributed by atoms with van der Waals surface area (Å²) in [6.45, 7) is 0.141. The molecule has 3 N–H and O–H groups in total. The quantitative estimate of drug-likeness (QED) is 0.698. The van der Waals surface area contributed by atoms with Crippen LogP contribution in [0.15, 0.2) is 18.3 Å². The molecule has 1 aromatic heterocycles. The minimum Gasteiger partial charge on any atom is -0.481 e. The second kappa shape index (κ2) is 5.89. The van der Waals surface area contributed by atoms with Crippen LogP contribution in [0.4, 0.5) is 0 Å². The standard InChI is InChI=1S/C9H13N3O3S2/c1-15-9-3-2-7(4-11-9)5-12-17(13,14)6-8(10)16/h2-4,12H,5-6H2,1H3,(H2,10,16). The number of sulfonamides is 1. The van der Waals surface area contributed by atoms with Crippen molar-refractivity contribution in [2.45, 2.75) is 6.54 Å². The fraction of sp³-hybridized carbons (Fsp3) is 0.333. The lowest BCUT2D eigenvalue weighted by Gasteiger charge is -2.06. The van der Waals surface area contributed by atoms with Gasteiger partial charge in [0.1, 0.15) is 5.75 Å². The molecule has 0 radical (unpaired) electrons. The summed E-state index contributed by atoms with van der Waals surface area (Å²) in [6, 6.07) is 3.37. The van der Waals surface area contributed by atoms with Crippen molar-refractivity contribution in [3.63, 3.8) is 0 Å². The maximum absolute atomic E-state index is 11.4. The van der Waals surface area contributed by atoms with Crippen LogP contribution in [0.1, 0.15) is 5.56 Å². The number of ether oxygens (including phenoxy) is 1. The Morgan fingerprint density at radius 1 is 1.59 bits per heavy atom. The molecule has 0 saturated heterocycles. The largest absolute Gasteiger partial charge is 0.481 e. The van der Waals surface area contributed by atoms with Gasteiger partial charge in [-0.05, 0) is 5.56 Å². The molecule has 1 aromatic rings. The smallest absolute Gasteiger partial charge is 0.218 e. The summed E-state index contributed by atoms with van der Waals surface area (Å²) >= 11 is 4.54. The number of aromatic nitrogens is 1. The zero-order valence-electron chi connectivity index (χ0n) is 9.21. The first kappa shape index (κ1) is 13.8. The second-order valence-electron chi connectivity index (χ2n) is 3.26. The van der Waals surface area contributed by atoms with E-state index < -0.39 is 10.0 Å². The number of nitrogens with two attached hydrogens (primary N) is 1. The first-order chi connectivity index (χ1) is 7.93. The molecule has 0 saturated carbocycles. The topological polar surface area (TPSA) is 94.3 Å². The van der Waals surface area contributed by atoms with E-state index >= 15 is 0 Å². The van der Waals surface area contributed by atoms with E-state index in [1.54, 1.807) is 12.1 Å². The Bertz CT molecular complexity index is 485. The van der Waals surface area contributed by atoms with Gasteiger partial charge in [0.05, 0.1) is 12.1 Å². The Morgan fingerprint density at radius 2 is 2.29 bits per heavy atom. The van der Waals surface area contributed by atoms with Crippen LogP contribution in [0.2, 0.25) is 0 Å². The first-order valence-corrected chi connectivity index (χ1v) is 6.73. The fourth-order valence-electron chi connectivity index (χ4n) is 1.07. The van der Waals surface area contributed by atoms with Crippen molar-refractivity contribution in [1.29, 1.82) is 0 Å². The number of hydrogen-bond donors (Lipinski definition) is 2. The highest BCUT2D eigenvalue weighted by Crippen LogP contribution is 2.06. The Hall–Kier alpha value is -1.25. The van der Waals surface area contributed by atoms with Crippen molar-refractivity contribution in [2.75, 3.05) is 12.9 Å². The van der Waals surface area contributed by atoms with Gasteiger partial charge in [-0.2, -0.15) is 0 Å². The summed E-state index contributed by atoms with van der Waals surface area (Å²) < 4.78 is 30.1. The van der Waals surface area contributed by atoms with Gasteiger partial charge in [0.25, 0.3) is 0 Å². The molecule has 0 fully saturated rings. The molecule has 0 aliphatic carbocycles. The third-order valence-corrected chi connectivity index (χ3v) is 3.44. The molecule has 6 nitrogen and oxygen atoms in total. The second-order valence-corrected chi connectivity index (χ2v) is 5.59. The molecular formula is C9H13N3O3S2. The minimum absolute atomic E-state index is 0.0645. The third-order valence-electron chi connectivity index (χ3n) is 1.84. The van der Waals surface area contributed by atoms with E-state index in [1.807, 2.05) is 0 Å². The first-order valence-electron chi connectivity index (χ1n) is 4.67. The molecular weight excluding hydrogens is 262 g/mol. The highest BCUT2D eigenvalue weighted by molar-refractivity contribution is 7.92. The summed E-state index contributed by atoms with van der Waals surface area (Å²) in [5, 5.41) is 0. The molecule has 0 atom stereocenters. The number of hydrogen-bond acceptors (Lipinski definition) is 5. The average molecular weight is 275 g/mol. The van der Waals surface area contributed by atoms with Crippen LogP contribution in [0.3, 0.4) is 0 Å². The van der Waals surface area contributed by atoms with Crippen molar-refractivity contribution >= 4 is 27.2 Å². The van der Waals surface area contributed by atoms with Crippen LogP contribution in [-0.4, -0.2) is 31.3 Å². The van der Waals surface area contributed by atoms with Crippen molar-refractivity contribution in [3.8, 4) is 5.88 Å². The summed E-state index contributed by atoms with van der Waals surface area (Å²) in [5.74, 6) is 0.117. The lowest BCUT2D eigenvalue weighted by molar-refractivity contribution is 0.397. The number of methoxy groups -OCH3 is 1. The predicted octanol–water partition coefficient (Wildman–Crippen LogP) is -0.204. The molecule has 8 heteroatoms. The molecule has 94 valence electrons. The fourth-order valence-corrected chi connectivity index (χ4v) is 2.40. The van der Waals surface area contributed by atoms with E-state index in [4.69, 9.17) is 10.5 Å². The van der Waals surface area contributed by atoms with Crippen molar-refractivity contribution in [1.82, 2.24) is 9.71 Å². The molecule has 1 heterocycles. The van der Waals surface area contributed by atoms with Gasteiger partial charge < -0.3 is 10.5 Å². The maximum atomic E-state index is 11.4. The van der Waals surface area contributed by atoms with Crippen LogP contribution in [0, 0.1) is 0 Å². The Labute approximate surface area is 105 Å². The molecule has 0 unspecified atom stereocenters. The number of thiocarbonyl (C=S) groups is 1. The molecule has 0 aromatic carbocycles. The highest BCUT2D eigenvalue weighted by Gasteiger charge is 2.11. The van der Waals surface area contributed by atoms with E-state index in [0.29, 0.717) is 5.88 Å². The number of rotatable bonds is 6. The molecule has 0 aliphatic heterocycles. The summed E-state index contributed by atoms with van der Waals surface area (Å²) in [6.07, 6.45) is 1.53. The van der Waals surface area contributed by atoms with Crippen LogP contribution < -0.4 is 15.2 Å². The lowest BCUT2D eigenvalue weighted by atomic mass is 10.3. The van der Waals surface area contributed by atoms with Crippen LogP contribution in [0.25, 0.3) is 0 Å². The third kappa shape index (κ3) is 5.07. The van der Waals surface area contributed by atoms with Crippen LogP contribution in [0.5, 0.6) is 5.88 Å². The number of pyridine rings is 1. The van der Waals surface area contributed by atoms with Gasteiger partial charge in [0, 0.05) is 18.8 Å². The van der Waals surface area contributed by atoms with Crippen LogP contribution in [-0.2, 0) is 16.6 Å². The predicted molar refractivity (Wildman–Crippen MR) is 68.2 cm³/mol. The monoisotopic (exact) mass is 275 g/mol. The van der Waals surface area contributed by atoms with Crippen molar-refractivity contribution in [2.24, 2.45) is 5.73 Å². The number of nitrogens with zero attached hydrogens (tertiary/aromatic N) is 1. The Kier molecular flexibility index (Phi) is 4.79. The lowest BCUT2D eigenvalue weighted by Crippen LogP contribution is -2.32. The summed E-state index contributed by atoms with van der Waals surface area (Å²) in [4.78, 5) is 3.89. The van der Waals surface area contributed by atoms with E-state index in [9.17, 15) is 8.42 Å². The van der Waals surface area contributed by atoms with E-state index in [0.717, 1.165) is 5.56 Å². The van der Waals surface area contributed by atoms with Gasteiger partial charge in [-0.25, -0.2) is 18.1 Å². The summed E-state index contributed by atoms with van der Waals surface area (Å²) in [5.41, 5.74) is 5.89. The van der Waals surface area contributed by atoms with Crippen LogP contribution >= 0.6 is 12.2 Å². The molecule has 17 heavy (non-hydrogen) atoms. The Morgan fingerprint density at radius 3 is 2.76 bits per heavy atom. The molecule has 1 rings (SSSR count). The normalized spacial score (nSPS) is 11.1. The van der Waals surface area contributed by atoms with E-state index in [-0.39, 0.29) is 17.3 Å². The maximum Gasteiger partial charge on any atom is 0.218 e. The van der Waals surface area contributed by atoms with E-state index in [1.165, 1.54) is 13.3 Å². The summed E-state index contributed by atoms with van der Waals surface area (Å²) in [7, 11) is -1.96. The molecule has 0 bridgehead atoms. The van der Waals surface area contributed by atoms with Gasteiger partial charge in [-0.15, -0.1) is 0 Å². The average Bonchev–Trinajstić information content (AvgIpc) is 2.25. The molecule has 0 aliphatic rings. The number of nitrogens with one attached hydrogen (secondary N) is 1. The highest BCUT2D eigenvalue weighted by atomic mass is 32.2. The Balaban J connectivity index is 2.58. The van der Waals surface area contributed by atoms with Gasteiger partial charge in [-0.3, -0.25) is 0 Å². The van der Waals surface area contributed by atoms with Gasteiger partial charge in [0.2, 0.25) is 15.9 Å². The van der Waals surface area contributed by atoms with Gasteiger partial charge >= 0.3 is 0 Å². The molecule has 0 spiro atoms.